The Labute approximate surface area is 245 Å². The van der Waals surface area contributed by atoms with E-state index in [9.17, 15) is 18.0 Å². The Hall–Kier alpha value is -3.65. The molecule has 0 aromatic heterocycles. The highest BCUT2D eigenvalue weighted by Crippen LogP contribution is 2.25. The van der Waals surface area contributed by atoms with Crippen LogP contribution in [0.3, 0.4) is 0 Å². The van der Waals surface area contributed by atoms with Crippen LogP contribution < -0.4 is 9.62 Å². The summed E-state index contributed by atoms with van der Waals surface area (Å²) >= 11 is 0. The summed E-state index contributed by atoms with van der Waals surface area (Å²) in [6.07, 6.45) is 2.75. The lowest BCUT2D eigenvalue weighted by Gasteiger charge is -2.33. The van der Waals surface area contributed by atoms with Crippen LogP contribution in [0.4, 0.5) is 5.69 Å². The van der Waals surface area contributed by atoms with Crippen molar-refractivity contribution >= 4 is 27.5 Å². The van der Waals surface area contributed by atoms with Crippen LogP contribution in [0, 0.1) is 13.8 Å². The molecule has 0 spiro atoms. The molecule has 0 fully saturated rings. The van der Waals surface area contributed by atoms with Crippen molar-refractivity contribution in [2.45, 2.75) is 72.0 Å². The second-order valence-electron chi connectivity index (χ2n) is 10.8. The molecule has 1 N–H and O–H groups in total. The van der Waals surface area contributed by atoms with Gasteiger partial charge in [0.15, 0.2) is 0 Å². The molecular formula is C33H43N3O4S. The number of carbonyl (C=O) groups is 2. The summed E-state index contributed by atoms with van der Waals surface area (Å²) < 4.78 is 26.9. The number of rotatable bonds is 14. The van der Waals surface area contributed by atoms with Gasteiger partial charge in [-0.05, 0) is 61.9 Å². The topological polar surface area (TPSA) is 86.8 Å². The molecule has 3 rings (SSSR count). The van der Waals surface area contributed by atoms with Crippen LogP contribution in [0.15, 0.2) is 78.9 Å². The van der Waals surface area contributed by atoms with E-state index >= 15 is 0 Å². The SMILES string of the molecule is CCC(C)NC(=O)C(Cc1ccccc1)N(Cc1ccccc1)C(=O)CCCN(c1cc(C)ccc1C)S(C)(=O)=O. The number of nitrogens with one attached hydrogen (secondary N) is 1. The first-order valence-electron chi connectivity index (χ1n) is 14.2. The van der Waals surface area contributed by atoms with Gasteiger partial charge in [0.25, 0.3) is 0 Å². The van der Waals surface area contributed by atoms with Crippen molar-refractivity contribution < 1.29 is 18.0 Å². The highest BCUT2D eigenvalue weighted by Gasteiger charge is 2.31. The Morgan fingerprint density at radius 2 is 1.51 bits per heavy atom. The van der Waals surface area contributed by atoms with Crippen molar-refractivity contribution in [1.82, 2.24) is 10.2 Å². The van der Waals surface area contributed by atoms with Gasteiger partial charge in [-0.2, -0.15) is 0 Å². The summed E-state index contributed by atoms with van der Waals surface area (Å²) in [5.41, 5.74) is 4.31. The predicted octanol–water partition coefficient (Wildman–Crippen LogP) is 5.40. The smallest absolute Gasteiger partial charge is 0.243 e. The van der Waals surface area contributed by atoms with Crippen LogP contribution in [0.2, 0.25) is 0 Å². The van der Waals surface area contributed by atoms with E-state index < -0.39 is 16.1 Å². The zero-order valence-corrected chi connectivity index (χ0v) is 25.7. The summed E-state index contributed by atoms with van der Waals surface area (Å²) in [6.45, 7) is 8.20. The fourth-order valence-corrected chi connectivity index (χ4v) is 5.76. The Bertz CT molecular complexity index is 1390. The lowest BCUT2D eigenvalue weighted by molar-refractivity contribution is -0.141. The van der Waals surface area contributed by atoms with Gasteiger partial charge in [0.1, 0.15) is 6.04 Å². The second kappa shape index (κ2) is 14.8. The van der Waals surface area contributed by atoms with Crippen molar-refractivity contribution in [3.8, 4) is 0 Å². The second-order valence-corrected chi connectivity index (χ2v) is 12.7. The third-order valence-electron chi connectivity index (χ3n) is 7.25. The molecule has 0 aliphatic rings. The third-order valence-corrected chi connectivity index (χ3v) is 8.43. The average molecular weight is 578 g/mol. The number of hydrogen-bond acceptors (Lipinski definition) is 4. The maximum atomic E-state index is 13.9. The summed E-state index contributed by atoms with van der Waals surface area (Å²) in [5, 5.41) is 3.08. The first-order valence-corrected chi connectivity index (χ1v) is 16.1. The molecule has 41 heavy (non-hydrogen) atoms. The van der Waals surface area contributed by atoms with Crippen molar-refractivity contribution in [2.75, 3.05) is 17.1 Å². The molecule has 0 heterocycles. The lowest BCUT2D eigenvalue weighted by atomic mass is 10.0. The minimum atomic E-state index is -3.57. The van der Waals surface area contributed by atoms with Gasteiger partial charge in [0, 0.05) is 32.0 Å². The average Bonchev–Trinajstić information content (AvgIpc) is 2.94. The molecule has 3 aromatic carbocycles. The highest BCUT2D eigenvalue weighted by molar-refractivity contribution is 7.92. The zero-order valence-electron chi connectivity index (χ0n) is 24.8. The number of anilines is 1. The molecule has 2 amide bonds. The highest BCUT2D eigenvalue weighted by atomic mass is 32.2. The Morgan fingerprint density at radius 3 is 2.10 bits per heavy atom. The summed E-state index contributed by atoms with van der Waals surface area (Å²) in [6, 6.07) is 24.3. The van der Waals surface area contributed by atoms with E-state index in [1.54, 1.807) is 4.90 Å². The van der Waals surface area contributed by atoms with Gasteiger partial charge in [-0.3, -0.25) is 13.9 Å². The van der Waals surface area contributed by atoms with Crippen molar-refractivity contribution in [2.24, 2.45) is 0 Å². The monoisotopic (exact) mass is 577 g/mol. The number of hydrogen-bond donors (Lipinski definition) is 1. The van der Waals surface area contributed by atoms with E-state index in [1.807, 2.05) is 107 Å². The summed E-state index contributed by atoms with van der Waals surface area (Å²) in [5.74, 6) is -0.385. The van der Waals surface area contributed by atoms with Gasteiger partial charge in [-0.15, -0.1) is 0 Å². The first kappa shape index (κ1) is 31.9. The first-order chi connectivity index (χ1) is 19.5. The molecule has 8 heteroatoms. The van der Waals surface area contributed by atoms with Crippen molar-refractivity contribution in [1.29, 1.82) is 0 Å². The fourth-order valence-electron chi connectivity index (χ4n) is 4.75. The van der Waals surface area contributed by atoms with E-state index in [0.29, 0.717) is 18.5 Å². The zero-order chi connectivity index (χ0) is 30.0. The summed E-state index contributed by atoms with van der Waals surface area (Å²) in [4.78, 5) is 29.2. The number of nitrogens with zero attached hydrogens (tertiary/aromatic N) is 2. The number of benzene rings is 3. The Kier molecular flexibility index (Phi) is 11.5. The van der Waals surface area contributed by atoms with Gasteiger partial charge in [0.05, 0.1) is 11.9 Å². The van der Waals surface area contributed by atoms with Crippen molar-refractivity contribution in [3.63, 3.8) is 0 Å². The van der Waals surface area contributed by atoms with E-state index in [2.05, 4.69) is 5.32 Å². The molecular weight excluding hydrogens is 534 g/mol. The minimum absolute atomic E-state index is 0.0321. The fraction of sp³-hybridized carbons (Fsp3) is 0.394. The molecule has 0 aliphatic heterocycles. The molecule has 0 radical (unpaired) electrons. The minimum Gasteiger partial charge on any atom is -0.352 e. The van der Waals surface area contributed by atoms with Gasteiger partial charge >= 0.3 is 0 Å². The van der Waals surface area contributed by atoms with Gasteiger partial charge in [-0.25, -0.2) is 8.42 Å². The van der Waals surface area contributed by atoms with E-state index in [-0.39, 0.29) is 37.4 Å². The number of carbonyl (C=O) groups excluding carboxylic acids is 2. The Balaban J connectivity index is 1.89. The third kappa shape index (κ3) is 9.46. The molecule has 0 saturated carbocycles. The van der Waals surface area contributed by atoms with Crippen LogP contribution in [0.1, 0.15) is 55.4 Å². The van der Waals surface area contributed by atoms with E-state index in [4.69, 9.17) is 0 Å². The maximum absolute atomic E-state index is 13.9. The largest absolute Gasteiger partial charge is 0.352 e. The molecule has 0 saturated heterocycles. The molecule has 220 valence electrons. The lowest BCUT2D eigenvalue weighted by Crippen LogP contribution is -2.52. The molecule has 0 aliphatic carbocycles. The Morgan fingerprint density at radius 1 is 0.902 bits per heavy atom. The van der Waals surface area contributed by atoms with Crippen LogP contribution in [0.5, 0.6) is 0 Å². The molecule has 2 unspecified atom stereocenters. The van der Waals surface area contributed by atoms with E-state index in [0.717, 1.165) is 28.7 Å². The van der Waals surface area contributed by atoms with Gasteiger partial charge < -0.3 is 10.2 Å². The van der Waals surface area contributed by atoms with Gasteiger partial charge in [-0.1, -0.05) is 79.7 Å². The summed E-state index contributed by atoms with van der Waals surface area (Å²) in [7, 11) is -3.57. The predicted molar refractivity (Wildman–Crippen MR) is 166 cm³/mol. The van der Waals surface area contributed by atoms with Crippen LogP contribution in [0.25, 0.3) is 0 Å². The normalized spacial score (nSPS) is 12.8. The molecule has 0 bridgehead atoms. The molecule has 7 nitrogen and oxygen atoms in total. The maximum Gasteiger partial charge on any atom is 0.243 e. The quantitative estimate of drug-likeness (QED) is 0.278. The van der Waals surface area contributed by atoms with Gasteiger partial charge in [0.2, 0.25) is 21.8 Å². The molecule has 3 aromatic rings. The molecule has 2 atom stereocenters. The standard InChI is InChI=1S/C33H43N3O4S/c1-6-27(4)34-33(38)31(23-28-14-9-7-10-15-28)35(24-29-16-11-8-12-17-29)32(37)18-13-21-36(41(5,39)40)30-22-25(2)19-20-26(30)3/h7-12,14-17,19-20,22,27,31H,6,13,18,21,23-24H2,1-5H3,(H,34,38). The van der Waals surface area contributed by atoms with Crippen molar-refractivity contribution in [3.05, 3.63) is 101 Å². The van der Waals surface area contributed by atoms with Crippen LogP contribution in [-0.4, -0.2) is 50.0 Å². The van der Waals surface area contributed by atoms with Crippen LogP contribution in [-0.2, 0) is 32.6 Å². The van der Waals surface area contributed by atoms with E-state index in [1.165, 1.54) is 10.6 Å². The number of sulfonamides is 1. The van der Waals surface area contributed by atoms with Crippen LogP contribution >= 0.6 is 0 Å². The number of amides is 2. The number of aryl methyl sites for hydroxylation is 2.